The molecule has 104 valence electrons. The van der Waals surface area contributed by atoms with Gasteiger partial charge in [0.15, 0.2) is 5.78 Å². The quantitative estimate of drug-likeness (QED) is 0.444. The minimum atomic E-state index is -4.57. The highest BCUT2D eigenvalue weighted by Crippen LogP contribution is 2.34. The lowest BCUT2D eigenvalue weighted by Gasteiger charge is -2.12. The van der Waals surface area contributed by atoms with Crippen molar-refractivity contribution in [3.63, 3.8) is 0 Å². The van der Waals surface area contributed by atoms with E-state index in [1.807, 2.05) is 0 Å². The number of benzene rings is 2. The Kier molecular flexibility index (Phi) is 4.53. The molecule has 2 rings (SSSR count). The van der Waals surface area contributed by atoms with E-state index < -0.39 is 17.5 Å². The van der Waals surface area contributed by atoms with Crippen LogP contribution >= 0.6 is 38.5 Å². The third-order valence-electron chi connectivity index (χ3n) is 2.64. The van der Waals surface area contributed by atoms with Crippen molar-refractivity contribution in [1.82, 2.24) is 0 Å². The Morgan fingerprint density at radius 3 is 2.20 bits per heavy atom. The first-order valence-corrected chi connectivity index (χ1v) is 7.33. The lowest BCUT2D eigenvalue weighted by molar-refractivity contribution is -0.137. The molecule has 0 saturated heterocycles. The normalized spacial score (nSPS) is 11.4. The van der Waals surface area contributed by atoms with Gasteiger partial charge in [0.05, 0.1) is 5.56 Å². The van der Waals surface area contributed by atoms with E-state index in [0.717, 1.165) is 9.64 Å². The highest BCUT2D eigenvalue weighted by atomic mass is 127. The molecule has 0 fully saturated rings. The summed E-state index contributed by atoms with van der Waals surface area (Å²) in [5, 5.41) is 0. The maximum atomic E-state index is 13.0. The molecule has 0 aliphatic carbocycles. The Hall–Kier alpha value is -0.890. The molecule has 0 spiro atoms. The molecule has 0 saturated carbocycles. The monoisotopic (exact) mass is 454 g/mol. The predicted octanol–water partition coefficient (Wildman–Crippen LogP) is 5.30. The Morgan fingerprint density at radius 2 is 1.65 bits per heavy atom. The average Bonchev–Trinajstić information content (AvgIpc) is 2.38. The molecule has 0 aliphatic heterocycles. The first kappa shape index (κ1) is 15.5. The van der Waals surface area contributed by atoms with Crippen LogP contribution in [0.1, 0.15) is 21.5 Å². The second-order valence-corrected chi connectivity index (χ2v) is 6.18. The topological polar surface area (TPSA) is 17.1 Å². The Balaban J connectivity index is 2.52. The van der Waals surface area contributed by atoms with Crippen LogP contribution in [0, 0.1) is 3.57 Å². The van der Waals surface area contributed by atoms with Crippen LogP contribution in [0.5, 0.6) is 0 Å². The average molecular weight is 455 g/mol. The van der Waals surface area contributed by atoms with Gasteiger partial charge in [0.25, 0.3) is 0 Å². The van der Waals surface area contributed by atoms with Gasteiger partial charge in [-0.3, -0.25) is 4.79 Å². The van der Waals surface area contributed by atoms with E-state index in [9.17, 15) is 18.0 Å². The standard InChI is InChI=1S/C14H7BrF3IO/c15-9-3-6-11(12(7-9)14(16,17)18)13(20)8-1-4-10(19)5-2-8/h1-7H. The largest absolute Gasteiger partial charge is 0.417 e. The van der Waals surface area contributed by atoms with Crippen molar-refractivity contribution in [2.24, 2.45) is 0 Å². The maximum absolute atomic E-state index is 13.0. The van der Waals surface area contributed by atoms with E-state index in [2.05, 4.69) is 38.5 Å². The number of alkyl halides is 3. The third kappa shape index (κ3) is 3.41. The van der Waals surface area contributed by atoms with Crippen molar-refractivity contribution in [3.8, 4) is 0 Å². The van der Waals surface area contributed by atoms with Crippen molar-refractivity contribution in [1.29, 1.82) is 0 Å². The number of carbonyl (C=O) groups excluding carboxylic acids is 1. The van der Waals surface area contributed by atoms with Crippen molar-refractivity contribution in [2.75, 3.05) is 0 Å². The van der Waals surface area contributed by atoms with Crippen LogP contribution in [0.4, 0.5) is 13.2 Å². The SMILES string of the molecule is O=C(c1ccc(I)cc1)c1ccc(Br)cc1C(F)(F)F. The van der Waals surface area contributed by atoms with Crippen molar-refractivity contribution in [2.45, 2.75) is 6.18 Å². The van der Waals surface area contributed by atoms with E-state index >= 15 is 0 Å². The molecule has 0 heterocycles. The first-order valence-electron chi connectivity index (χ1n) is 5.46. The Morgan fingerprint density at radius 1 is 1.05 bits per heavy atom. The van der Waals surface area contributed by atoms with Crippen LogP contribution in [-0.2, 0) is 6.18 Å². The molecule has 6 heteroatoms. The molecule has 0 N–H and O–H groups in total. The van der Waals surface area contributed by atoms with Gasteiger partial charge in [0.1, 0.15) is 0 Å². The van der Waals surface area contributed by atoms with Gasteiger partial charge in [-0.05, 0) is 65.1 Å². The van der Waals surface area contributed by atoms with Gasteiger partial charge in [0.2, 0.25) is 0 Å². The zero-order chi connectivity index (χ0) is 14.9. The highest BCUT2D eigenvalue weighted by Gasteiger charge is 2.35. The summed E-state index contributed by atoms with van der Waals surface area (Å²) in [7, 11) is 0. The van der Waals surface area contributed by atoms with Gasteiger partial charge >= 0.3 is 6.18 Å². The molecule has 0 unspecified atom stereocenters. The molecule has 0 radical (unpaired) electrons. The summed E-state index contributed by atoms with van der Waals surface area (Å²) in [4.78, 5) is 12.2. The second-order valence-electron chi connectivity index (χ2n) is 4.02. The van der Waals surface area contributed by atoms with Gasteiger partial charge in [-0.25, -0.2) is 0 Å². The fourth-order valence-electron chi connectivity index (χ4n) is 1.71. The molecular formula is C14H7BrF3IO. The lowest BCUT2D eigenvalue weighted by atomic mass is 9.98. The minimum Gasteiger partial charge on any atom is -0.289 e. The smallest absolute Gasteiger partial charge is 0.289 e. The van der Waals surface area contributed by atoms with Gasteiger partial charge in [-0.2, -0.15) is 13.2 Å². The minimum absolute atomic E-state index is 0.234. The van der Waals surface area contributed by atoms with E-state index in [4.69, 9.17) is 0 Å². The summed E-state index contributed by atoms with van der Waals surface area (Å²) in [6, 6.07) is 9.93. The Bertz CT molecular complexity index is 650. The van der Waals surface area contributed by atoms with E-state index in [0.29, 0.717) is 0 Å². The molecule has 2 aromatic carbocycles. The maximum Gasteiger partial charge on any atom is 0.417 e. The second kappa shape index (κ2) is 5.85. The van der Waals surface area contributed by atoms with E-state index in [1.165, 1.54) is 24.3 Å². The summed E-state index contributed by atoms with van der Waals surface area (Å²) < 4.78 is 40.2. The molecule has 0 aliphatic rings. The number of hydrogen-bond donors (Lipinski definition) is 0. The fraction of sp³-hybridized carbons (Fsp3) is 0.0714. The van der Waals surface area contributed by atoms with Crippen LogP contribution in [0.25, 0.3) is 0 Å². The molecule has 2 aromatic rings. The highest BCUT2D eigenvalue weighted by molar-refractivity contribution is 14.1. The zero-order valence-electron chi connectivity index (χ0n) is 9.84. The van der Waals surface area contributed by atoms with Crippen LogP contribution in [0.15, 0.2) is 46.9 Å². The number of halogens is 5. The van der Waals surface area contributed by atoms with Crippen LogP contribution in [0.3, 0.4) is 0 Å². The third-order valence-corrected chi connectivity index (χ3v) is 3.85. The summed E-state index contributed by atoms with van der Waals surface area (Å²) in [5.41, 5.74) is -1.05. The molecule has 0 amide bonds. The van der Waals surface area contributed by atoms with Crippen molar-refractivity contribution in [3.05, 3.63) is 67.2 Å². The van der Waals surface area contributed by atoms with Gasteiger partial charge in [0, 0.05) is 19.2 Å². The summed E-state index contributed by atoms with van der Waals surface area (Å²) in [5.74, 6) is -0.638. The summed E-state index contributed by atoms with van der Waals surface area (Å²) in [6.45, 7) is 0. The predicted molar refractivity (Wildman–Crippen MR) is 81.7 cm³/mol. The summed E-state index contributed by atoms with van der Waals surface area (Å²) in [6.07, 6.45) is -4.57. The summed E-state index contributed by atoms with van der Waals surface area (Å²) >= 11 is 5.05. The van der Waals surface area contributed by atoms with E-state index in [1.54, 1.807) is 12.1 Å². The van der Waals surface area contributed by atoms with Crippen molar-refractivity contribution < 1.29 is 18.0 Å². The van der Waals surface area contributed by atoms with Gasteiger partial charge in [-0.1, -0.05) is 15.9 Å². The molecule has 1 nitrogen and oxygen atoms in total. The number of rotatable bonds is 2. The van der Waals surface area contributed by atoms with Crippen LogP contribution in [-0.4, -0.2) is 5.78 Å². The molecular weight excluding hydrogens is 448 g/mol. The van der Waals surface area contributed by atoms with Crippen LogP contribution in [0.2, 0.25) is 0 Å². The van der Waals surface area contributed by atoms with Crippen LogP contribution < -0.4 is 0 Å². The zero-order valence-corrected chi connectivity index (χ0v) is 13.6. The number of carbonyl (C=O) groups is 1. The molecule has 0 bridgehead atoms. The first-order chi connectivity index (χ1) is 9.29. The van der Waals surface area contributed by atoms with Gasteiger partial charge in [-0.15, -0.1) is 0 Å². The van der Waals surface area contributed by atoms with Crippen molar-refractivity contribution >= 4 is 44.3 Å². The number of hydrogen-bond acceptors (Lipinski definition) is 1. The van der Waals surface area contributed by atoms with E-state index in [-0.39, 0.29) is 15.6 Å². The molecule has 0 aromatic heterocycles. The Labute approximate surface area is 135 Å². The fourth-order valence-corrected chi connectivity index (χ4v) is 2.43. The van der Waals surface area contributed by atoms with Gasteiger partial charge < -0.3 is 0 Å². The molecule has 0 atom stereocenters. The molecule has 20 heavy (non-hydrogen) atoms. The number of ketones is 1. The lowest BCUT2D eigenvalue weighted by Crippen LogP contribution is -2.14.